The molecule has 4 aliphatic rings. The molecule has 1 heterocycles. The molecule has 0 aromatic carbocycles. The highest BCUT2D eigenvalue weighted by molar-refractivity contribution is 5.41. The predicted molar refractivity (Wildman–Crippen MR) is 68.6 cm³/mol. The van der Waals surface area contributed by atoms with Crippen molar-refractivity contribution in [2.24, 2.45) is 17.8 Å². The Balaban J connectivity index is 1.69. The average molecular weight is 228 g/mol. The van der Waals surface area contributed by atoms with E-state index in [1.54, 1.807) is 5.57 Å². The summed E-state index contributed by atoms with van der Waals surface area (Å²) in [6.45, 7) is 0.969. The van der Waals surface area contributed by atoms with Crippen molar-refractivity contribution in [2.75, 3.05) is 6.61 Å². The third kappa shape index (κ3) is 1.48. The lowest BCUT2D eigenvalue weighted by atomic mass is 9.68. The first kappa shape index (κ1) is 10.1. The Labute approximate surface area is 103 Å². The van der Waals surface area contributed by atoms with E-state index in [0.29, 0.717) is 12.0 Å². The summed E-state index contributed by atoms with van der Waals surface area (Å²) in [5, 5.41) is 0. The van der Waals surface area contributed by atoms with Crippen LogP contribution in [0.3, 0.4) is 0 Å². The summed E-state index contributed by atoms with van der Waals surface area (Å²) in [6, 6.07) is 0. The van der Waals surface area contributed by atoms with E-state index in [9.17, 15) is 0 Å². The van der Waals surface area contributed by atoms with Crippen molar-refractivity contribution in [1.29, 1.82) is 0 Å². The van der Waals surface area contributed by atoms with Crippen LogP contribution in [0.1, 0.15) is 32.1 Å². The van der Waals surface area contributed by atoms with Crippen LogP contribution in [0.4, 0.5) is 0 Å². The molecule has 1 saturated carbocycles. The molecule has 0 bridgehead atoms. The molecule has 1 saturated heterocycles. The monoisotopic (exact) mass is 228 g/mol. The fourth-order valence-corrected chi connectivity index (χ4v) is 4.25. The summed E-state index contributed by atoms with van der Waals surface area (Å²) in [7, 11) is 0. The largest absolute Gasteiger partial charge is 0.377 e. The van der Waals surface area contributed by atoms with Gasteiger partial charge in [-0.25, -0.2) is 0 Å². The topological polar surface area (TPSA) is 9.23 Å². The van der Waals surface area contributed by atoms with Crippen LogP contribution < -0.4 is 0 Å². The van der Waals surface area contributed by atoms with Crippen molar-refractivity contribution in [2.45, 2.75) is 38.2 Å². The molecular weight excluding hydrogens is 208 g/mol. The summed E-state index contributed by atoms with van der Waals surface area (Å²) in [5.74, 6) is 2.16. The molecule has 0 N–H and O–H groups in total. The molecule has 1 heteroatoms. The van der Waals surface area contributed by atoms with Crippen LogP contribution in [0.15, 0.2) is 35.5 Å². The smallest absolute Gasteiger partial charge is 0.0640 e. The van der Waals surface area contributed by atoms with Crippen LogP contribution in [0.2, 0.25) is 0 Å². The number of hydrogen-bond donors (Lipinski definition) is 0. The maximum atomic E-state index is 6.16. The van der Waals surface area contributed by atoms with E-state index >= 15 is 0 Å². The van der Waals surface area contributed by atoms with Gasteiger partial charge in [-0.05, 0) is 30.8 Å². The first-order chi connectivity index (χ1) is 8.43. The summed E-state index contributed by atoms with van der Waals surface area (Å²) in [6.07, 6.45) is 16.6. The van der Waals surface area contributed by atoms with Crippen molar-refractivity contribution >= 4 is 0 Å². The van der Waals surface area contributed by atoms with Crippen molar-refractivity contribution in [3.8, 4) is 0 Å². The molecule has 4 rings (SSSR count). The lowest BCUT2D eigenvalue weighted by molar-refractivity contribution is -0.0514. The minimum atomic E-state index is 0.538. The zero-order valence-corrected chi connectivity index (χ0v) is 10.3. The Bertz CT molecular complexity index is 415. The number of fused-ring (bicyclic) bond motifs is 5. The number of hydrogen-bond acceptors (Lipinski definition) is 1. The Morgan fingerprint density at radius 2 is 1.94 bits per heavy atom. The van der Waals surface area contributed by atoms with Gasteiger partial charge in [0.05, 0.1) is 12.7 Å². The molecule has 0 radical (unpaired) electrons. The molecule has 1 nitrogen and oxygen atoms in total. The molecule has 0 spiro atoms. The minimum absolute atomic E-state index is 0.538. The second-order valence-corrected chi connectivity index (χ2v) is 5.95. The number of allylic oxidation sites excluding steroid dienone is 5. The third-order valence-corrected chi connectivity index (χ3v) is 5.13. The molecular formula is C16H20O. The van der Waals surface area contributed by atoms with E-state index in [2.05, 4.69) is 24.3 Å². The zero-order chi connectivity index (χ0) is 11.2. The third-order valence-electron chi connectivity index (χ3n) is 5.13. The fourth-order valence-electron chi connectivity index (χ4n) is 4.25. The van der Waals surface area contributed by atoms with Gasteiger partial charge in [-0.15, -0.1) is 0 Å². The quantitative estimate of drug-likeness (QED) is 0.615. The lowest BCUT2D eigenvalue weighted by Crippen LogP contribution is -2.42. The second kappa shape index (κ2) is 3.84. The van der Waals surface area contributed by atoms with Crippen LogP contribution in [0.25, 0.3) is 0 Å². The highest BCUT2D eigenvalue weighted by Gasteiger charge is 2.42. The van der Waals surface area contributed by atoms with Gasteiger partial charge in [-0.2, -0.15) is 0 Å². The molecule has 90 valence electrons. The minimum Gasteiger partial charge on any atom is -0.377 e. The van der Waals surface area contributed by atoms with Crippen molar-refractivity contribution in [1.82, 2.24) is 0 Å². The van der Waals surface area contributed by atoms with Crippen LogP contribution in [0.5, 0.6) is 0 Å². The lowest BCUT2D eigenvalue weighted by Gasteiger charge is -2.45. The van der Waals surface area contributed by atoms with Gasteiger partial charge in [0.15, 0.2) is 0 Å². The summed E-state index contributed by atoms with van der Waals surface area (Å²) >= 11 is 0. The van der Waals surface area contributed by atoms with Gasteiger partial charge >= 0.3 is 0 Å². The van der Waals surface area contributed by atoms with Crippen LogP contribution in [-0.2, 0) is 4.74 Å². The van der Waals surface area contributed by atoms with Crippen LogP contribution in [-0.4, -0.2) is 12.7 Å². The molecule has 3 aliphatic carbocycles. The molecule has 17 heavy (non-hydrogen) atoms. The molecule has 0 aromatic heterocycles. The van der Waals surface area contributed by atoms with Gasteiger partial charge in [0, 0.05) is 11.8 Å². The normalized spacial score (nSPS) is 43.3. The highest BCUT2D eigenvalue weighted by atomic mass is 16.5. The van der Waals surface area contributed by atoms with Crippen molar-refractivity contribution < 1.29 is 4.74 Å². The molecule has 1 aliphatic heterocycles. The SMILES string of the molecule is C1=CC2=CC=C3[C@H]4CCCCC4OC[C@H]3[C@@H]2C1. The predicted octanol–water partition coefficient (Wildman–Crippen LogP) is 3.63. The van der Waals surface area contributed by atoms with Gasteiger partial charge in [-0.1, -0.05) is 42.7 Å². The number of rotatable bonds is 0. The van der Waals surface area contributed by atoms with Gasteiger partial charge in [0.25, 0.3) is 0 Å². The summed E-state index contributed by atoms with van der Waals surface area (Å²) in [4.78, 5) is 0. The fraction of sp³-hybridized carbons (Fsp3) is 0.625. The van der Waals surface area contributed by atoms with E-state index in [-0.39, 0.29) is 0 Å². The van der Waals surface area contributed by atoms with E-state index in [1.807, 2.05) is 0 Å². The average Bonchev–Trinajstić information content (AvgIpc) is 2.86. The van der Waals surface area contributed by atoms with E-state index in [4.69, 9.17) is 4.74 Å². The summed E-state index contributed by atoms with van der Waals surface area (Å²) < 4.78 is 6.16. The van der Waals surface area contributed by atoms with Crippen LogP contribution in [0, 0.1) is 17.8 Å². The molecule has 0 aromatic rings. The Kier molecular flexibility index (Phi) is 2.29. The molecule has 2 fully saturated rings. The maximum absolute atomic E-state index is 6.16. The Hall–Kier alpha value is -0.820. The number of ether oxygens (including phenoxy) is 1. The Morgan fingerprint density at radius 1 is 1.00 bits per heavy atom. The van der Waals surface area contributed by atoms with Gasteiger partial charge in [0.2, 0.25) is 0 Å². The van der Waals surface area contributed by atoms with Gasteiger partial charge in [0.1, 0.15) is 0 Å². The van der Waals surface area contributed by atoms with E-state index in [0.717, 1.165) is 18.4 Å². The van der Waals surface area contributed by atoms with E-state index < -0.39 is 0 Å². The highest BCUT2D eigenvalue weighted by Crippen LogP contribution is 2.48. The molecule has 1 unspecified atom stereocenters. The Morgan fingerprint density at radius 3 is 2.94 bits per heavy atom. The zero-order valence-electron chi connectivity index (χ0n) is 10.3. The van der Waals surface area contributed by atoms with E-state index in [1.165, 1.54) is 37.7 Å². The van der Waals surface area contributed by atoms with Gasteiger partial charge in [-0.3, -0.25) is 0 Å². The van der Waals surface area contributed by atoms with Crippen molar-refractivity contribution in [3.63, 3.8) is 0 Å². The molecule has 0 amide bonds. The first-order valence-corrected chi connectivity index (χ1v) is 7.13. The summed E-state index contributed by atoms with van der Waals surface area (Å²) in [5.41, 5.74) is 3.26. The van der Waals surface area contributed by atoms with Crippen molar-refractivity contribution in [3.05, 3.63) is 35.5 Å². The standard InChI is InChI=1S/C16H20O/c1-2-7-16-14(5-1)13-9-8-11-4-3-6-12(11)15(13)10-17-16/h3-4,8-9,12,14-16H,1-2,5-7,10H2/t12-,14-,15+,16?/m1/s1. The van der Waals surface area contributed by atoms with Crippen LogP contribution >= 0.6 is 0 Å². The second-order valence-electron chi connectivity index (χ2n) is 5.95. The maximum Gasteiger partial charge on any atom is 0.0640 e. The first-order valence-electron chi connectivity index (χ1n) is 7.13. The molecule has 4 atom stereocenters. The van der Waals surface area contributed by atoms with Gasteiger partial charge < -0.3 is 4.74 Å².